The van der Waals surface area contributed by atoms with Crippen LogP contribution in [0.2, 0.25) is 5.02 Å². The number of nitrogens with zero attached hydrogens (tertiary/aromatic N) is 1. The molecule has 0 aliphatic heterocycles. The molecule has 0 unspecified atom stereocenters. The predicted octanol–water partition coefficient (Wildman–Crippen LogP) is 4.15. The zero-order valence-electron chi connectivity index (χ0n) is 10.2. The molecule has 0 spiro atoms. The van der Waals surface area contributed by atoms with E-state index in [0.717, 1.165) is 11.1 Å². The SMILES string of the molecule is Cc1ccoc1-c1noc(N)c1-c1ccccc1Cl. The average molecular weight is 275 g/mol. The van der Waals surface area contributed by atoms with Gasteiger partial charge in [0.15, 0.2) is 11.5 Å². The Morgan fingerprint density at radius 1 is 1.21 bits per heavy atom. The molecule has 1 aromatic carbocycles. The average Bonchev–Trinajstić information content (AvgIpc) is 2.96. The summed E-state index contributed by atoms with van der Waals surface area (Å²) >= 11 is 6.21. The zero-order chi connectivity index (χ0) is 13.4. The first-order valence-corrected chi connectivity index (χ1v) is 6.11. The molecule has 4 nitrogen and oxygen atoms in total. The topological polar surface area (TPSA) is 65.2 Å². The van der Waals surface area contributed by atoms with Gasteiger partial charge in [0.2, 0.25) is 5.88 Å². The third-order valence-electron chi connectivity index (χ3n) is 2.94. The molecule has 0 saturated heterocycles. The monoisotopic (exact) mass is 274 g/mol. The minimum Gasteiger partial charge on any atom is -0.462 e. The Labute approximate surface area is 114 Å². The van der Waals surface area contributed by atoms with E-state index in [1.165, 1.54) is 0 Å². The molecule has 2 heterocycles. The van der Waals surface area contributed by atoms with Gasteiger partial charge in [0, 0.05) is 10.6 Å². The summed E-state index contributed by atoms with van der Waals surface area (Å²) in [5, 5.41) is 4.57. The number of hydrogen-bond acceptors (Lipinski definition) is 4. The number of aryl methyl sites for hydroxylation is 1. The van der Waals surface area contributed by atoms with E-state index in [0.29, 0.717) is 22.0 Å². The van der Waals surface area contributed by atoms with Crippen molar-refractivity contribution in [1.29, 1.82) is 0 Å². The molecular weight excluding hydrogens is 264 g/mol. The normalized spacial score (nSPS) is 10.8. The van der Waals surface area contributed by atoms with E-state index in [4.69, 9.17) is 26.3 Å². The molecule has 96 valence electrons. The molecule has 0 aliphatic carbocycles. The smallest absolute Gasteiger partial charge is 0.230 e. The lowest BCUT2D eigenvalue weighted by Crippen LogP contribution is -1.88. The van der Waals surface area contributed by atoms with Crippen LogP contribution in [0.4, 0.5) is 5.88 Å². The Morgan fingerprint density at radius 3 is 2.68 bits per heavy atom. The van der Waals surface area contributed by atoms with E-state index in [9.17, 15) is 0 Å². The molecule has 3 aromatic rings. The quantitative estimate of drug-likeness (QED) is 0.762. The van der Waals surface area contributed by atoms with Gasteiger partial charge in [-0.1, -0.05) is 35.0 Å². The molecule has 19 heavy (non-hydrogen) atoms. The summed E-state index contributed by atoms with van der Waals surface area (Å²) in [4.78, 5) is 0. The minimum absolute atomic E-state index is 0.221. The summed E-state index contributed by atoms with van der Waals surface area (Å²) in [6.07, 6.45) is 1.60. The summed E-state index contributed by atoms with van der Waals surface area (Å²) in [5.74, 6) is 0.856. The van der Waals surface area contributed by atoms with E-state index < -0.39 is 0 Å². The highest BCUT2D eigenvalue weighted by Crippen LogP contribution is 2.40. The molecule has 5 heteroatoms. The molecule has 0 aliphatic rings. The van der Waals surface area contributed by atoms with Crippen molar-refractivity contribution in [2.24, 2.45) is 0 Å². The molecule has 0 radical (unpaired) electrons. The maximum absolute atomic E-state index is 6.21. The van der Waals surface area contributed by atoms with Crippen molar-refractivity contribution >= 4 is 17.5 Å². The second-order valence-electron chi connectivity index (χ2n) is 4.18. The second kappa shape index (κ2) is 4.48. The second-order valence-corrected chi connectivity index (χ2v) is 4.59. The van der Waals surface area contributed by atoms with Gasteiger partial charge in [0.1, 0.15) is 0 Å². The van der Waals surface area contributed by atoms with Crippen molar-refractivity contribution in [3.8, 4) is 22.6 Å². The van der Waals surface area contributed by atoms with E-state index >= 15 is 0 Å². The van der Waals surface area contributed by atoms with Crippen molar-refractivity contribution < 1.29 is 8.94 Å². The lowest BCUT2D eigenvalue weighted by atomic mass is 10.0. The Hall–Kier alpha value is -2.20. The van der Waals surface area contributed by atoms with Crippen molar-refractivity contribution in [2.45, 2.75) is 6.92 Å². The zero-order valence-corrected chi connectivity index (χ0v) is 10.9. The highest BCUT2D eigenvalue weighted by atomic mass is 35.5. The number of nitrogens with two attached hydrogens (primary N) is 1. The van der Waals surface area contributed by atoms with Crippen LogP contribution in [0, 0.1) is 6.92 Å². The maximum Gasteiger partial charge on any atom is 0.230 e. The first kappa shape index (κ1) is 11.9. The number of anilines is 1. The fraction of sp³-hybridized carbons (Fsp3) is 0.0714. The van der Waals surface area contributed by atoms with Crippen molar-refractivity contribution in [2.75, 3.05) is 5.73 Å². The molecular formula is C14H11ClN2O2. The van der Waals surface area contributed by atoms with Gasteiger partial charge in [-0.3, -0.25) is 0 Å². The van der Waals surface area contributed by atoms with Crippen LogP contribution in [-0.4, -0.2) is 5.16 Å². The summed E-state index contributed by atoms with van der Waals surface area (Å²) in [7, 11) is 0. The summed E-state index contributed by atoms with van der Waals surface area (Å²) in [5.41, 5.74) is 8.82. The molecule has 3 rings (SSSR count). The van der Waals surface area contributed by atoms with E-state index in [2.05, 4.69) is 5.16 Å². The highest BCUT2D eigenvalue weighted by molar-refractivity contribution is 6.33. The maximum atomic E-state index is 6.21. The van der Waals surface area contributed by atoms with Crippen LogP contribution in [0.3, 0.4) is 0 Å². The van der Waals surface area contributed by atoms with Crippen LogP contribution < -0.4 is 5.73 Å². The number of rotatable bonds is 2. The van der Waals surface area contributed by atoms with Crippen LogP contribution in [-0.2, 0) is 0 Å². The number of benzene rings is 1. The van der Waals surface area contributed by atoms with Crippen LogP contribution >= 0.6 is 11.6 Å². The van der Waals surface area contributed by atoms with Gasteiger partial charge in [0.05, 0.1) is 11.8 Å². The van der Waals surface area contributed by atoms with Gasteiger partial charge in [-0.2, -0.15) is 0 Å². The molecule has 0 atom stereocenters. The van der Waals surface area contributed by atoms with Crippen molar-refractivity contribution in [1.82, 2.24) is 5.16 Å². The lowest BCUT2D eigenvalue weighted by molar-refractivity contribution is 0.435. The van der Waals surface area contributed by atoms with Gasteiger partial charge in [-0.25, -0.2) is 0 Å². The fourth-order valence-corrected chi connectivity index (χ4v) is 2.23. The van der Waals surface area contributed by atoms with Crippen molar-refractivity contribution in [3.05, 3.63) is 47.2 Å². The van der Waals surface area contributed by atoms with Crippen LogP contribution in [0.1, 0.15) is 5.56 Å². The van der Waals surface area contributed by atoms with Gasteiger partial charge in [-0.05, 0) is 24.6 Å². The molecule has 2 N–H and O–H groups in total. The van der Waals surface area contributed by atoms with Gasteiger partial charge < -0.3 is 14.7 Å². The number of halogens is 1. The number of aromatic nitrogens is 1. The number of furan rings is 1. The van der Waals surface area contributed by atoms with Gasteiger partial charge >= 0.3 is 0 Å². The van der Waals surface area contributed by atoms with Gasteiger partial charge in [-0.15, -0.1) is 0 Å². The molecule has 0 amide bonds. The number of hydrogen-bond donors (Lipinski definition) is 1. The molecule has 0 saturated carbocycles. The first-order chi connectivity index (χ1) is 9.18. The van der Waals surface area contributed by atoms with Crippen LogP contribution in [0.15, 0.2) is 45.5 Å². The lowest BCUT2D eigenvalue weighted by Gasteiger charge is -2.03. The molecule has 2 aromatic heterocycles. The standard InChI is InChI=1S/C14H11ClN2O2/c1-8-6-7-18-13(8)12-11(14(16)19-17-12)9-4-2-3-5-10(9)15/h2-7H,16H2,1H3. The summed E-state index contributed by atoms with van der Waals surface area (Å²) < 4.78 is 10.5. The van der Waals surface area contributed by atoms with E-state index in [-0.39, 0.29) is 5.88 Å². The third-order valence-corrected chi connectivity index (χ3v) is 3.27. The molecule has 0 bridgehead atoms. The summed E-state index contributed by atoms with van der Waals surface area (Å²) in [6, 6.07) is 9.26. The Bertz CT molecular complexity index is 731. The summed E-state index contributed by atoms with van der Waals surface area (Å²) in [6.45, 7) is 1.93. The third kappa shape index (κ3) is 1.90. The van der Waals surface area contributed by atoms with E-state index in [1.54, 1.807) is 12.3 Å². The minimum atomic E-state index is 0.221. The highest BCUT2D eigenvalue weighted by Gasteiger charge is 2.22. The molecule has 0 fully saturated rings. The Kier molecular flexibility index (Phi) is 2.80. The van der Waals surface area contributed by atoms with Crippen LogP contribution in [0.5, 0.6) is 0 Å². The Balaban J connectivity index is 2.26. The predicted molar refractivity (Wildman–Crippen MR) is 73.8 cm³/mol. The van der Waals surface area contributed by atoms with E-state index in [1.807, 2.05) is 31.2 Å². The largest absolute Gasteiger partial charge is 0.462 e. The van der Waals surface area contributed by atoms with Gasteiger partial charge in [0.25, 0.3) is 0 Å². The number of nitrogen functional groups attached to an aromatic ring is 1. The fourth-order valence-electron chi connectivity index (χ4n) is 2.00. The van der Waals surface area contributed by atoms with Crippen LogP contribution in [0.25, 0.3) is 22.6 Å². The first-order valence-electron chi connectivity index (χ1n) is 5.73. The van der Waals surface area contributed by atoms with Crippen molar-refractivity contribution in [3.63, 3.8) is 0 Å². The Morgan fingerprint density at radius 2 is 2.00 bits per heavy atom.